The zero-order chi connectivity index (χ0) is 14.4. The van der Waals surface area contributed by atoms with Crippen molar-refractivity contribution in [3.63, 3.8) is 0 Å². The summed E-state index contributed by atoms with van der Waals surface area (Å²) in [4.78, 5) is 22.6. The van der Waals surface area contributed by atoms with E-state index in [-0.39, 0.29) is 12.3 Å². The van der Waals surface area contributed by atoms with Crippen LogP contribution in [0.15, 0.2) is 18.2 Å². The van der Waals surface area contributed by atoms with Gasteiger partial charge < -0.3 is 15.2 Å². The number of benzene rings is 1. The van der Waals surface area contributed by atoms with Crippen molar-refractivity contribution in [3.8, 4) is 5.75 Å². The van der Waals surface area contributed by atoms with E-state index in [2.05, 4.69) is 5.32 Å². The highest BCUT2D eigenvalue weighted by atomic mass is 16.5. The standard InChI is InChI=1S/C14H19NO4/c1-4-11(14(17)18)15-13(16)8-10-6-5-9(2)12(7-10)19-3/h5-7,11H,4,8H2,1-3H3,(H,15,16)(H,17,18)/t11-/m0/s1. The zero-order valence-corrected chi connectivity index (χ0v) is 11.4. The van der Waals surface area contributed by atoms with Crippen molar-refractivity contribution >= 4 is 11.9 Å². The fourth-order valence-electron chi connectivity index (χ4n) is 1.74. The molecule has 0 aromatic heterocycles. The van der Waals surface area contributed by atoms with Gasteiger partial charge in [0.05, 0.1) is 13.5 Å². The third-order valence-corrected chi connectivity index (χ3v) is 2.88. The number of aliphatic carboxylic acids is 1. The van der Waals surface area contributed by atoms with Crippen LogP contribution in [0.4, 0.5) is 0 Å². The first-order valence-corrected chi connectivity index (χ1v) is 6.13. The summed E-state index contributed by atoms with van der Waals surface area (Å²) >= 11 is 0. The Bertz CT molecular complexity index is 471. The van der Waals surface area contributed by atoms with Crippen molar-refractivity contribution in [1.82, 2.24) is 5.32 Å². The smallest absolute Gasteiger partial charge is 0.326 e. The number of methoxy groups -OCH3 is 1. The summed E-state index contributed by atoms with van der Waals surface area (Å²) < 4.78 is 5.18. The molecule has 5 heteroatoms. The fraction of sp³-hybridized carbons (Fsp3) is 0.429. The number of ether oxygens (including phenoxy) is 1. The Kier molecular flexibility index (Phi) is 5.36. The predicted molar refractivity (Wildman–Crippen MR) is 71.3 cm³/mol. The third-order valence-electron chi connectivity index (χ3n) is 2.88. The minimum atomic E-state index is -1.02. The van der Waals surface area contributed by atoms with E-state index in [9.17, 15) is 9.59 Å². The van der Waals surface area contributed by atoms with Crippen molar-refractivity contribution in [2.45, 2.75) is 32.7 Å². The molecule has 0 aliphatic rings. The van der Waals surface area contributed by atoms with E-state index in [4.69, 9.17) is 9.84 Å². The fourth-order valence-corrected chi connectivity index (χ4v) is 1.74. The molecule has 0 aliphatic carbocycles. The number of rotatable bonds is 6. The van der Waals surface area contributed by atoms with Gasteiger partial charge in [-0.15, -0.1) is 0 Å². The maximum atomic E-state index is 11.8. The lowest BCUT2D eigenvalue weighted by atomic mass is 10.1. The van der Waals surface area contributed by atoms with Gasteiger partial charge in [0.1, 0.15) is 11.8 Å². The van der Waals surface area contributed by atoms with Crippen LogP contribution in [0.2, 0.25) is 0 Å². The van der Waals surface area contributed by atoms with E-state index in [1.165, 1.54) is 0 Å². The number of carbonyl (C=O) groups is 2. The molecule has 0 spiro atoms. The minimum absolute atomic E-state index is 0.139. The van der Waals surface area contributed by atoms with E-state index >= 15 is 0 Å². The summed E-state index contributed by atoms with van der Waals surface area (Å²) in [7, 11) is 1.57. The number of hydrogen-bond acceptors (Lipinski definition) is 3. The molecule has 0 saturated carbocycles. The summed E-state index contributed by atoms with van der Waals surface area (Å²) in [6, 6.07) is 4.66. The Labute approximate surface area is 112 Å². The molecule has 0 unspecified atom stereocenters. The van der Waals surface area contributed by atoms with E-state index in [0.29, 0.717) is 6.42 Å². The van der Waals surface area contributed by atoms with Crippen LogP contribution in [0.3, 0.4) is 0 Å². The van der Waals surface area contributed by atoms with Crippen LogP contribution in [0.1, 0.15) is 24.5 Å². The first-order valence-electron chi connectivity index (χ1n) is 6.13. The summed E-state index contributed by atoms with van der Waals surface area (Å²) in [5.74, 6) is -0.604. The van der Waals surface area contributed by atoms with E-state index in [1.807, 2.05) is 19.1 Å². The summed E-state index contributed by atoms with van der Waals surface area (Å²) in [5.41, 5.74) is 1.78. The van der Waals surface area contributed by atoms with Crippen molar-refractivity contribution in [3.05, 3.63) is 29.3 Å². The average molecular weight is 265 g/mol. The third kappa shape index (κ3) is 4.28. The van der Waals surface area contributed by atoms with E-state index in [0.717, 1.165) is 16.9 Å². The Morgan fingerprint density at radius 3 is 2.63 bits per heavy atom. The Hall–Kier alpha value is -2.04. The van der Waals surface area contributed by atoms with Gasteiger partial charge >= 0.3 is 5.97 Å². The molecule has 5 nitrogen and oxygen atoms in total. The highest BCUT2D eigenvalue weighted by Gasteiger charge is 2.17. The highest BCUT2D eigenvalue weighted by molar-refractivity contribution is 5.84. The molecule has 0 bridgehead atoms. The molecule has 0 heterocycles. The quantitative estimate of drug-likeness (QED) is 0.817. The van der Waals surface area contributed by atoms with Crippen LogP contribution in [0.5, 0.6) is 5.75 Å². The van der Waals surface area contributed by atoms with Crippen LogP contribution < -0.4 is 10.1 Å². The Morgan fingerprint density at radius 2 is 2.11 bits per heavy atom. The molecule has 1 atom stereocenters. The predicted octanol–water partition coefficient (Wildman–Crippen LogP) is 1.53. The molecule has 0 aliphatic heterocycles. The number of aryl methyl sites for hydroxylation is 1. The van der Waals surface area contributed by atoms with E-state index < -0.39 is 12.0 Å². The minimum Gasteiger partial charge on any atom is -0.496 e. The topological polar surface area (TPSA) is 75.6 Å². The average Bonchev–Trinajstić information content (AvgIpc) is 2.37. The molecule has 1 rings (SSSR count). The Morgan fingerprint density at radius 1 is 1.42 bits per heavy atom. The number of nitrogens with one attached hydrogen (secondary N) is 1. The second-order valence-corrected chi connectivity index (χ2v) is 4.35. The van der Waals surface area contributed by atoms with Gasteiger partial charge in [-0.3, -0.25) is 4.79 Å². The Balaban J connectivity index is 2.69. The first kappa shape index (κ1) is 15.0. The summed E-state index contributed by atoms with van der Waals surface area (Å²) in [6.45, 7) is 3.63. The zero-order valence-electron chi connectivity index (χ0n) is 11.4. The van der Waals surface area contributed by atoms with Crippen LogP contribution in [0, 0.1) is 6.92 Å². The summed E-state index contributed by atoms with van der Waals surface area (Å²) in [5, 5.41) is 11.4. The van der Waals surface area contributed by atoms with Gasteiger partial charge in [0.25, 0.3) is 0 Å². The second-order valence-electron chi connectivity index (χ2n) is 4.35. The monoisotopic (exact) mass is 265 g/mol. The number of carboxylic acids is 1. The molecule has 19 heavy (non-hydrogen) atoms. The van der Waals surface area contributed by atoms with Crippen molar-refractivity contribution in [1.29, 1.82) is 0 Å². The van der Waals surface area contributed by atoms with Gasteiger partial charge in [0.2, 0.25) is 5.91 Å². The largest absolute Gasteiger partial charge is 0.496 e. The number of hydrogen-bond donors (Lipinski definition) is 2. The maximum Gasteiger partial charge on any atom is 0.326 e. The van der Waals surface area contributed by atoms with E-state index in [1.54, 1.807) is 20.1 Å². The van der Waals surface area contributed by atoms with Gasteiger partial charge in [-0.1, -0.05) is 19.1 Å². The summed E-state index contributed by atoms with van der Waals surface area (Å²) in [6.07, 6.45) is 0.499. The number of carboxylic acid groups (broad SMARTS) is 1. The normalized spacial score (nSPS) is 11.7. The molecule has 0 saturated heterocycles. The second kappa shape index (κ2) is 6.78. The molecule has 1 aromatic rings. The molecule has 104 valence electrons. The molecular formula is C14H19NO4. The molecule has 0 radical (unpaired) electrons. The van der Waals surface area contributed by atoms with Crippen molar-refractivity contribution in [2.24, 2.45) is 0 Å². The first-order chi connectivity index (χ1) is 8.97. The lowest BCUT2D eigenvalue weighted by Crippen LogP contribution is -2.40. The molecule has 0 fully saturated rings. The van der Waals surface area contributed by atoms with Crippen LogP contribution >= 0.6 is 0 Å². The molecular weight excluding hydrogens is 246 g/mol. The molecule has 2 N–H and O–H groups in total. The number of carbonyl (C=O) groups excluding carboxylic acids is 1. The highest BCUT2D eigenvalue weighted by Crippen LogP contribution is 2.19. The van der Waals surface area contributed by atoms with Gasteiger partial charge in [0, 0.05) is 0 Å². The van der Waals surface area contributed by atoms with Crippen LogP contribution in [-0.4, -0.2) is 30.1 Å². The van der Waals surface area contributed by atoms with Gasteiger partial charge in [0.15, 0.2) is 0 Å². The molecule has 1 amide bonds. The lowest BCUT2D eigenvalue weighted by molar-refractivity contribution is -0.141. The van der Waals surface area contributed by atoms with Gasteiger partial charge in [-0.05, 0) is 30.5 Å². The lowest BCUT2D eigenvalue weighted by Gasteiger charge is -2.13. The maximum absolute atomic E-state index is 11.8. The SMILES string of the molecule is CC[C@H](NC(=O)Cc1ccc(C)c(OC)c1)C(=O)O. The van der Waals surface area contributed by atoms with Crippen molar-refractivity contribution in [2.75, 3.05) is 7.11 Å². The van der Waals surface area contributed by atoms with Gasteiger partial charge in [-0.2, -0.15) is 0 Å². The van der Waals surface area contributed by atoms with Crippen LogP contribution in [-0.2, 0) is 16.0 Å². The van der Waals surface area contributed by atoms with Gasteiger partial charge in [-0.25, -0.2) is 4.79 Å². The molecule has 1 aromatic carbocycles. The number of amides is 1. The van der Waals surface area contributed by atoms with Crippen molar-refractivity contribution < 1.29 is 19.4 Å². The van der Waals surface area contributed by atoms with Crippen LogP contribution in [0.25, 0.3) is 0 Å².